The summed E-state index contributed by atoms with van der Waals surface area (Å²) in [5.74, 6) is 2.39. The van der Waals surface area contributed by atoms with Gasteiger partial charge in [-0.15, -0.1) is 0 Å². The molecular weight excluding hydrogens is 370 g/mol. The van der Waals surface area contributed by atoms with Crippen molar-refractivity contribution in [2.45, 2.75) is 0 Å². The fourth-order valence-corrected chi connectivity index (χ4v) is 3.63. The van der Waals surface area contributed by atoms with Crippen molar-refractivity contribution in [3.63, 3.8) is 0 Å². The smallest absolute Gasteiger partial charge is 0.160 e. The molecule has 7 heteroatoms. The third kappa shape index (κ3) is 4.31. The van der Waals surface area contributed by atoms with Gasteiger partial charge < -0.3 is 29.1 Å². The van der Waals surface area contributed by atoms with Crippen LogP contribution in [0.25, 0.3) is 5.57 Å². The number of hydrogen-bond donors (Lipinski definition) is 1. The quantitative estimate of drug-likeness (QED) is 0.832. The molecule has 0 saturated carbocycles. The van der Waals surface area contributed by atoms with Crippen LogP contribution in [-0.2, 0) is 9.47 Å². The zero-order chi connectivity index (χ0) is 20.2. The number of ether oxygens (including phenoxy) is 3. The maximum Gasteiger partial charge on any atom is 0.160 e. The zero-order valence-electron chi connectivity index (χ0n) is 16.8. The fraction of sp³-hybridized carbons (Fsp3) is 0.409. The molecule has 0 radical (unpaired) electrons. The average Bonchev–Trinajstić information content (AvgIpc) is 2.79. The van der Waals surface area contributed by atoms with E-state index in [1.807, 2.05) is 6.07 Å². The van der Waals surface area contributed by atoms with Gasteiger partial charge in [0.05, 0.1) is 33.5 Å². The number of anilines is 2. The van der Waals surface area contributed by atoms with Crippen LogP contribution in [0.5, 0.6) is 11.5 Å². The van der Waals surface area contributed by atoms with Crippen LogP contribution in [0.15, 0.2) is 36.9 Å². The van der Waals surface area contributed by atoms with Crippen LogP contribution in [0.4, 0.5) is 11.6 Å². The molecule has 0 aliphatic carbocycles. The highest BCUT2D eigenvalue weighted by atomic mass is 16.5. The lowest BCUT2D eigenvalue weighted by Gasteiger charge is -2.32. The molecule has 2 aromatic rings. The van der Waals surface area contributed by atoms with Crippen molar-refractivity contribution in [3.8, 4) is 11.5 Å². The molecule has 2 saturated heterocycles. The van der Waals surface area contributed by atoms with Gasteiger partial charge in [-0.2, -0.15) is 0 Å². The summed E-state index contributed by atoms with van der Waals surface area (Å²) in [6.45, 7) is 10.4. The minimum atomic E-state index is 0.0991. The molecule has 154 valence electrons. The second-order valence-corrected chi connectivity index (χ2v) is 7.14. The van der Waals surface area contributed by atoms with Gasteiger partial charge in [0.15, 0.2) is 11.5 Å². The van der Waals surface area contributed by atoms with Crippen LogP contribution < -0.4 is 14.5 Å². The molecule has 2 aliphatic rings. The molecule has 2 aliphatic heterocycles. The Kier molecular flexibility index (Phi) is 5.87. The lowest BCUT2D eigenvalue weighted by molar-refractivity contribution is 0.121. The van der Waals surface area contributed by atoms with E-state index in [2.05, 4.69) is 28.5 Å². The van der Waals surface area contributed by atoms with E-state index < -0.39 is 0 Å². The molecule has 0 unspecified atom stereocenters. The molecule has 0 atom stereocenters. The number of methoxy groups -OCH3 is 1. The summed E-state index contributed by atoms with van der Waals surface area (Å²) in [7, 11) is 1.54. The number of benzene rings is 1. The largest absolute Gasteiger partial charge is 0.504 e. The molecule has 7 nitrogen and oxygen atoms in total. The molecule has 29 heavy (non-hydrogen) atoms. The Balaban J connectivity index is 1.70. The summed E-state index contributed by atoms with van der Waals surface area (Å²) in [6, 6.07) is 9.48. The SMILES string of the molecule is C=C(c1cc(N2CCOCC2)nc(N2CCOCC2)c1)c1ccc(OC)c(O)c1. The summed E-state index contributed by atoms with van der Waals surface area (Å²) in [5, 5.41) is 10.2. The number of phenolic OH excluding ortho intramolecular Hbond substituents is 1. The lowest BCUT2D eigenvalue weighted by Crippen LogP contribution is -2.39. The molecule has 4 rings (SSSR count). The number of aromatic nitrogens is 1. The molecule has 1 aromatic heterocycles. The van der Waals surface area contributed by atoms with Gasteiger partial charge >= 0.3 is 0 Å². The second-order valence-electron chi connectivity index (χ2n) is 7.14. The third-order valence-electron chi connectivity index (χ3n) is 5.34. The van der Waals surface area contributed by atoms with Crippen molar-refractivity contribution in [1.29, 1.82) is 0 Å². The number of rotatable bonds is 5. The Morgan fingerprint density at radius 2 is 1.48 bits per heavy atom. The van der Waals surface area contributed by atoms with Gasteiger partial charge in [-0.05, 0) is 41.0 Å². The van der Waals surface area contributed by atoms with Gasteiger partial charge in [0.25, 0.3) is 0 Å². The Hall–Kier alpha value is -2.77. The number of aromatic hydroxyl groups is 1. The third-order valence-corrected chi connectivity index (χ3v) is 5.34. The Morgan fingerprint density at radius 3 is 1.97 bits per heavy atom. The first-order valence-corrected chi connectivity index (χ1v) is 9.90. The number of pyridine rings is 1. The summed E-state index contributed by atoms with van der Waals surface area (Å²) < 4.78 is 16.1. The monoisotopic (exact) mass is 397 g/mol. The van der Waals surface area contributed by atoms with E-state index in [0.29, 0.717) is 32.2 Å². The van der Waals surface area contributed by atoms with Crippen molar-refractivity contribution < 1.29 is 19.3 Å². The van der Waals surface area contributed by atoms with Gasteiger partial charge in [0.1, 0.15) is 11.6 Å². The van der Waals surface area contributed by atoms with Crippen LogP contribution in [0.1, 0.15) is 11.1 Å². The molecule has 0 spiro atoms. The van der Waals surface area contributed by atoms with E-state index in [4.69, 9.17) is 19.2 Å². The Bertz CT molecular complexity index is 838. The first-order valence-electron chi connectivity index (χ1n) is 9.90. The van der Waals surface area contributed by atoms with E-state index in [1.165, 1.54) is 7.11 Å². The molecule has 2 fully saturated rings. The van der Waals surface area contributed by atoms with Crippen LogP contribution in [0.3, 0.4) is 0 Å². The predicted molar refractivity (Wildman–Crippen MR) is 113 cm³/mol. The molecule has 0 amide bonds. The molecule has 3 heterocycles. The standard InChI is InChI=1S/C22H27N3O4/c1-16(17-3-4-20(27-2)19(26)13-17)18-14-21(24-5-9-28-10-6-24)23-22(15-18)25-7-11-29-12-8-25/h3-4,13-15,26H,1,5-12H2,2H3. The predicted octanol–water partition coefficient (Wildman–Crippen LogP) is 2.53. The fourth-order valence-electron chi connectivity index (χ4n) is 3.63. The van der Waals surface area contributed by atoms with Crippen molar-refractivity contribution in [2.75, 3.05) is 69.5 Å². The van der Waals surface area contributed by atoms with Crippen molar-refractivity contribution in [2.24, 2.45) is 0 Å². The minimum absolute atomic E-state index is 0.0991. The van der Waals surface area contributed by atoms with Crippen LogP contribution in [0, 0.1) is 0 Å². The maximum atomic E-state index is 10.2. The van der Waals surface area contributed by atoms with Crippen LogP contribution in [-0.4, -0.2) is 69.8 Å². The number of hydrogen-bond acceptors (Lipinski definition) is 7. The average molecular weight is 397 g/mol. The van der Waals surface area contributed by atoms with E-state index in [9.17, 15) is 5.11 Å². The van der Waals surface area contributed by atoms with E-state index >= 15 is 0 Å². The maximum absolute atomic E-state index is 10.2. The Labute approximate surface area is 171 Å². The summed E-state index contributed by atoms with van der Waals surface area (Å²) in [4.78, 5) is 9.42. The first kappa shape index (κ1) is 19.5. The van der Waals surface area contributed by atoms with Gasteiger partial charge in [0.2, 0.25) is 0 Å². The molecule has 0 bridgehead atoms. The first-order chi connectivity index (χ1) is 14.2. The van der Waals surface area contributed by atoms with E-state index in [0.717, 1.165) is 54.5 Å². The van der Waals surface area contributed by atoms with E-state index in [-0.39, 0.29) is 5.75 Å². The van der Waals surface area contributed by atoms with Crippen molar-refractivity contribution in [3.05, 3.63) is 48.0 Å². The van der Waals surface area contributed by atoms with Crippen molar-refractivity contribution >= 4 is 17.2 Å². The molecule has 1 aromatic carbocycles. The minimum Gasteiger partial charge on any atom is -0.504 e. The topological polar surface area (TPSA) is 67.3 Å². The van der Waals surface area contributed by atoms with Crippen LogP contribution >= 0.6 is 0 Å². The van der Waals surface area contributed by atoms with Gasteiger partial charge in [-0.25, -0.2) is 4.98 Å². The summed E-state index contributed by atoms with van der Waals surface area (Å²) in [6.07, 6.45) is 0. The summed E-state index contributed by atoms with van der Waals surface area (Å²) >= 11 is 0. The van der Waals surface area contributed by atoms with Crippen molar-refractivity contribution in [1.82, 2.24) is 4.98 Å². The normalized spacial score (nSPS) is 17.3. The molecule has 1 N–H and O–H groups in total. The highest BCUT2D eigenvalue weighted by Gasteiger charge is 2.19. The Morgan fingerprint density at radius 1 is 0.931 bits per heavy atom. The number of morpholine rings is 2. The zero-order valence-corrected chi connectivity index (χ0v) is 16.8. The molecular formula is C22H27N3O4. The van der Waals surface area contributed by atoms with Crippen LogP contribution in [0.2, 0.25) is 0 Å². The summed E-state index contributed by atoms with van der Waals surface area (Å²) in [5.41, 5.74) is 2.65. The number of phenols is 1. The lowest BCUT2D eigenvalue weighted by atomic mass is 9.99. The number of nitrogens with zero attached hydrogens (tertiary/aromatic N) is 3. The highest BCUT2D eigenvalue weighted by molar-refractivity contribution is 5.81. The van der Waals surface area contributed by atoms with Gasteiger partial charge in [-0.1, -0.05) is 12.6 Å². The van der Waals surface area contributed by atoms with E-state index in [1.54, 1.807) is 12.1 Å². The second kappa shape index (κ2) is 8.71. The van der Waals surface area contributed by atoms with Gasteiger partial charge in [-0.3, -0.25) is 0 Å². The van der Waals surface area contributed by atoms with Gasteiger partial charge in [0, 0.05) is 26.2 Å². The highest BCUT2D eigenvalue weighted by Crippen LogP contribution is 2.33.